The smallest absolute Gasteiger partial charge is 0.387 e. The Kier molecular flexibility index (Phi) is 6.30. The van der Waals surface area contributed by atoms with Crippen molar-refractivity contribution in [1.29, 1.82) is 0 Å². The van der Waals surface area contributed by atoms with Gasteiger partial charge < -0.3 is 24.8 Å². The maximum atomic E-state index is 12.3. The average Bonchev–Trinajstić information content (AvgIpc) is 3.11. The summed E-state index contributed by atoms with van der Waals surface area (Å²) in [6, 6.07) is 12.3. The SMILES string of the molecule is CCNC(=NCc1cccc(OC(F)F)c1)NCc1ccc2c(c1)OCO2. The van der Waals surface area contributed by atoms with E-state index in [1.54, 1.807) is 12.1 Å². The zero-order valence-electron chi connectivity index (χ0n) is 14.9. The lowest BCUT2D eigenvalue weighted by Crippen LogP contribution is -2.36. The minimum atomic E-state index is -2.84. The summed E-state index contributed by atoms with van der Waals surface area (Å²) < 4.78 is 39.7. The van der Waals surface area contributed by atoms with Gasteiger partial charge in [0.1, 0.15) is 5.75 Å². The van der Waals surface area contributed by atoms with E-state index >= 15 is 0 Å². The molecule has 0 spiro atoms. The number of ether oxygens (including phenoxy) is 3. The van der Waals surface area contributed by atoms with Crippen LogP contribution >= 0.6 is 0 Å². The van der Waals surface area contributed by atoms with Gasteiger partial charge in [-0.2, -0.15) is 8.78 Å². The van der Waals surface area contributed by atoms with Gasteiger partial charge in [-0.1, -0.05) is 18.2 Å². The van der Waals surface area contributed by atoms with Gasteiger partial charge in [-0.3, -0.25) is 0 Å². The van der Waals surface area contributed by atoms with Crippen LogP contribution in [0.4, 0.5) is 8.78 Å². The Balaban J connectivity index is 1.61. The first-order chi connectivity index (χ1) is 13.1. The number of halogens is 2. The Bertz CT molecular complexity index is 800. The molecule has 1 aliphatic heterocycles. The summed E-state index contributed by atoms with van der Waals surface area (Å²) in [5.74, 6) is 2.21. The van der Waals surface area contributed by atoms with Crippen molar-refractivity contribution in [3.05, 3.63) is 53.6 Å². The normalized spacial score (nSPS) is 13.0. The average molecular weight is 377 g/mol. The van der Waals surface area contributed by atoms with Gasteiger partial charge >= 0.3 is 6.61 Å². The molecule has 144 valence electrons. The molecule has 0 aliphatic carbocycles. The molecular weight excluding hydrogens is 356 g/mol. The molecule has 27 heavy (non-hydrogen) atoms. The Morgan fingerprint density at radius 2 is 1.96 bits per heavy atom. The number of benzene rings is 2. The van der Waals surface area contributed by atoms with Gasteiger partial charge in [0.2, 0.25) is 6.79 Å². The summed E-state index contributed by atoms with van der Waals surface area (Å²) >= 11 is 0. The van der Waals surface area contributed by atoms with Crippen LogP contribution in [-0.4, -0.2) is 25.9 Å². The van der Waals surface area contributed by atoms with E-state index in [0.717, 1.165) is 22.6 Å². The van der Waals surface area contributed by atoms with Gasteiger partial charge in [-0.05, 0) is 42.3 Å². The molecule has 2 aromatic carbocycles. The van der Waals surface area contributed by atoms with Gasteiger partial charge in [0.15, 0.2) is 17.5 Å². The molecule has 0 saturated carbocycles. The fourth-order valence-corrected chi connectivity index (χ4v) is 2.57. The van der Waals surface area contributed by atoms with E-state index in [1.807, 2.05) is 31.2 Å². The Hall–Kier alpha value is -3.03. The largest absolute Gasteiger partial charge is 0.454 e. The van der Waals surface area contributed by atoms with Crippen LogP contribution in [0.1, 0.15) is 18.1 Å². The number of hydrogen-bond donors (Lipinski definition) is 2. The maximum Gasteiger partial charge on any atom is 0.387 e. The summed E-state index contributed by atoms with van der Waals surface area (Å²) in [5, 5.41) is 6.39. The highest BCUT2D eigenvalue weighted by Crippen LogP contribution is 2.32. The number of nitrogens with one attached hydrogen (secondary N) is 2. The lowest BCUT2D eigenvalue weighted by molar-refractivity contribution is -0.0498. The van der Waals surface area contributed by atoms with Gasteiger partial charge in [0, 0.05) is 13.1 Å². The molecule has 2 N–H and O–H groups in total. The van der Waals surface area contributed by atoms with E-state index in [-0.39, 0.29) is 12.5 Å². The van der Waals surface area contributed by atoms with Crippen LogP contribution < -0.4 is 24.8 Å². The molecule has 0 radical (unpaired) electrons. The first-order valence-corrected chi connectivity index (χ1v) is 8.58. The number of fused-ring (bicyclic) bond motifs is 1. The van der Waals surface area contributed by atoms with E-state index in [4.69, 9.17) is 9.47 Å². The van der Waals surface area contributed by atoms with Crippen molar-refractivity contribution in [2.75, 3.05) is 13.3 Å². The van der Waals surface area contributed by atoms with E-state index in [1.165, 1.54) is 6.07 Å². The molecule has 0 fully saturated rings. The fraction of sp³-hybridized carbons (Fsp3) is 0.316. The molecule has 0 amide bonds. The molecule has 0 saturated heterocycles. The molecule has 0 unspecified atom stereocenters. The number of hydrogen-bond acceptors (Lipinski definition) is 4. The third-order valence-corrected chi connectivity index (χ3v) is 3.78. The van der Waals surface area contributed by atoms with Crippen molar-refractivity contribution in [2.45, 2.75) is 26.6 Å². The second-order valence-corrected chi connectivity index (χ2v) is 5.76. The predicted molar refractivity (Wildman–Crippen MR) is 97.3 cm³/mol. The van der Waals surface area contributed by atoms with Crippen LogP contribution in [-0.2, 0) is 13.1 Å². The van der Waals surface area contributed by atoms with Crippen molar-refractivity contribution in [3.8, 4) is 17.2 Å². The number of rotatable bonds is 7. The maximum absolute atomic E-state index is 12.3. The van der Waals surface area contributed by atoms with Crippen LogP contribution in [0.25, 0.3) is 0 Å². The minimum absolute atomic E-state index is 0.121. The van der Waals surface area contributed by atoms with Crippen LogP contribution in [0.5, 0.6) is 17.2 Å². The quantitative estimate of drug-likeness (QED) is 0.573. The molecule has 0 atom stereocenters. The second kappa shape index (κ2) is 9.07. The van der Waals surface area contributed by atoms with Crippen molar-refractivity contribution < 1.29 is 23.0 Å². The fourth-order valence-electron chi connectivity index (χ4n) is 2.57. The number of guanidine groups is 1. The van der Waals surface area contributed by atoms with Crippen LogP contribution in [0.3, 0.4) is 0 Å². The highest BCUT2D eigenvalue weighted by Gasteiger charge is 2.13. The van der Waals surface area contributed by atoms with Crippen LogP contribution in [0.2, 0.25) is 0 Å². The standard InChI is InChI=1S/C19H21F2N3O3/c1-2-22-19(23-10-13-4-3-5-15(8-13)27-18(20)21)24-11-14-6-7-16-17(9-14)26-12-25-16/h3-9,18H,2,10-12H2,1H3,(H2,22,23,24). The van der Waals surface area contributed by atoms with Gasteiger partial charge in [-0.15, -0.1) is 0 Å². The van der Waals surface area contributed by atoms with Gasteiger partial charge in [-0.25, -0.2) is 4.99 Å². The monoisotopic (exact) mass is 377 g/mol. The van der Waals surface area contributed by atoms with Gasteiger partial charge in [0.25, 0.3) is 0 Å². The first-order valence-electron chi connectivity index (χ1n) is 8.58. The molecule has 2 aromatic rings. The summed E-state index contributed by atoms with van der Waals surface area (Å²) in [6.07, 6.45) is 0. The topological polar surface area (TPSA) is 64.1 Å². The third-order valence-electron chi connectivity index (χ3n) is 3.78. The number of nitrogens with zero attached hydrogens (tertiary/aromatic N) is 1. The Morgan fingerprint density at radius 3 is 2.78 bits per heavy atom. The number of alkyl halides is 2. The van der Waals surface area contributed by atoms with Gasteiger partial charge in [0.05, 0.1) is 6.54 Å². The highest BCUT2D eigenvalue weighted by molar-refractivity contribution is 5.79. The molecule has 3 rings (SSSR count). The van der Waals surface area contributed by atoms with Crippen molar-refractivity contribution in [1.82, 2.24) is 10.6 Å². The molecule has 1 aliphatic rings. The minimum Gasteiger partial charge on any atom is -0.454 e. The molecule has 8 heteroatoms. The Morgan fingerprint density at radius 1 is 1.11 bits per heavy atom. The van der Waals surface area contributed by atoms with E-state index in [0.29, 0.717) is 25.6 Å². The predicted octanol–water partition coefficient (Wildman–Crippen LogP) is 3.27. The Labute approximate surface area is 156 Å². The first kappa shape index (κ1) is 18.8. The zero-order valence-corrected chi connectivity index (χ0v) is 14.9. The van der Waals surface area contributed by atoms with E-state index in [9.17, 15) is 8.78 Å². The van der Waals surface area contributed by atoms with Crippen LogP contribution in [0.15, 0.2) is 47.5 Å². The summed E-state index contributed by atoms with van der Waals surface area (Å²) in [6.45, 7) is 0.944. The van der Waals surface area contributed by atoms with E-state index in [2.05, 4.69) is 20.4 Å². The summed E-state index contributed by atoms with van der Waals surface area (Å²) in [4.78, 5) is 4.49. The molecular formula is C19H21F2N3O3. The van der Waals surface area contributed by atoms with Crippen LogP contribution in [0, 0.1) is 0 Å². The summed E-state index contributed by atoms with van der Waals surface area (Å²) in [5.41, 5.74) is 1.80. The van der Waals surface area contributed by atoms with E-state index < -0.39 is 6.61 Å². The van der Waals surface area contributed by atoms with Crippen molar-refractivity contribution >= 4 is 5.96 Å². The highest BCUT2D eigenvalue weighted by atomic mass is 19.3. The summed E-state index contributed by atoms with van der Waals surface area (Å²) in [7, 11) is 0. The molecule has 0 bridgehead atoms. The second-order valence-electron chi connectivity index (χ2n) is 5.76. The van der Waals surface area contributed by atoms with Crippen molar-refractivity contribution in [3.63, 3.8) is 0 Å². The lowest BCUT2D eigenvalue weighted by Gasteiger charge is -2.12. The lowest BCUT2D eigenvalue weighted by atomic mass is 10.2. The zero-order chi connectivity index (χ0) is 19.1. The molecule has 0 aromatic heterocycles. The molecule has 1 heterocycles. The third kappa shape index (κ3) is 5.47. The van der Waals surface area contributed by atoms with Crippen molar-refractivity contribution in [2.24, 2.45) is 4.99 Å². The molecule has 6 nitrogen and oxygen atoms in total. The number of aliphatic imine (C=N–C) groups is 1.